The number of ether oxygens (including phenoxy) is 1. The van der Waals surface area contributed by atoms with Crippen LogP contribution in [0.15, 0.2) is 54.9 Å². The quantitative estimate of drug-likeness (QED) is 0.460. The van der Waals surface area contributed by atoms with Gasteiger partial charge >= 0.3 is 12.1 Å². The fourth-order valence-electron chi connectivity index (χ4n) is 3.71. The smallest absolute Gasteiger partial charge is 0.457 e. The van der Waals surface area contributed by atoms with Crippen LogP contribution >= 0.6 is 0 Å². The highest BCUT2D eigenvalue weighted by Gasteiger charge is 2.41. The van der Waals surface area contributed by atoms with Gasteiger partial charge in [0.15, 0.2) is 0 Å². The van der Waals surface area contributed by atoms with Gasteiger partial charge in [0.05, 0.1) is 24.0 Å². The summed E-state index contributed by atoms with van der Waals surface area (Å²) in [5, 5.41) is 8.02. The number of fused-ring (bicyclic) bond motifs is 2. The summed E-state index contributed by atoms with van der Waals surface area (Å²) in [4.78, 5) is 30.9. The SMILES string of the molecule is O=C1NC(COC(=O)C(F)(F)F)Cn2nc(-c3ccnc(-c4ccc5[nH]ccc5c4)c3)cc21. The molecule has 1 atom stereocenters. The molecule has 1 aliphatic heterocycles. The van der Waals surface area contributed by atoms with E-state index in [1.54, 1.807) is 18.3 Å². The molecule has 0 radical (unpaired) electrons. The van der Waals surface area contributed by atoms with Gasteiger partial charge in [-0.05, 0) is 36.4 Å². The number of nitrogens with one attached hydrogen (secondary N) is 2. The van der Waals surface area contributed by atoms with E-state index >= 15 is 0 Å². The number of halogens is 3. The number of benzene rings is 1. The number of H-pyrrole nitrogens is 1. The van der Waals surface area contributed by atoms with Gasteiger partial charge in [0.25, 0.3) is 5.91 Å². The van der Waals surface area contributed by atoms with Crippen LogP contribution < -0.4 is 5.32 Å². The van der Waals surface area contributed by atoms with Gasteiger partial charge in [-0.1, -0.05) is 6.07 Å². The summed E-state index contributed by atoms with van der Waals surface area (Å²) >= 11 is 0. The molecule has 0 fully saturated rings. The van der Waals surface area contributed by atoms with Gasteiger partial charge in [-0.25, -0.2) is 4.79 Å². The lowest BCUT2D eigenvalue weighted by Gasteiger charge is -2.24. The zero-order valence-electron chi connectivity index (χ0n) is 16.9. The van der Waals surface area contributed by atoms with E-state index < -0.39 is 30.7 Å². The predicted octanol–water partition coefficient (Wildman–Crippen LogP) is 3.31. The van der Waals surface area contributed by atoms with E-state index in [1.165, 1.54) is 4.68 Å². The Kier molecular flexibility index (Phi) is 4.88. The number of carbonyl (C=O) groups excluding carboxylic acids is 2. The van der Waals surface area contributed by atoms with Crippen LogP contribution in [0.2, 0.25) is 0 Å². The summed E-state index contributed by atoms with van der Waals surface area (Å²) in [5.41, 5.74) is 4.15. The Morgan fingerprint density at radius 1 is 1.12 bits per heavy atom. The lowest BCUT2D eigenvalue weighted by Crippen LogP contribution is -2.47. The van der Waals surface area contributed by atoms with Crippen molar-refractivity contribution in [3.8, 4) is 22.5 Å². The minimum atomic E-state index is -5.09. The van der Waals surface area contributed by atoms with Crippen molar-refractivity contribution in [1.29, 1.82) is 0 Å². The second-order valence-corrected chi connectivity index (χ2v) is 7.57. The van der Waals surface area contributed by atoms with Crippen LogP contribution in [-0.2, 0) is 16.1 Å². The van der Waals surface area contributed by atoms with Crippen molar-refractivity contribution in [2.45, 2.75) is 18.8 Å². The maximum absolute atomic E-state index is 12.4. The number of nitrogens with zero attached hydrogens (tertiary/aromatic N) is 3. The zero-order valence-corrected chi connectivity index (χ0v) is 16.9. The Morgan fingerprint density at radius 3 is 2.76 bits per heavy atom. The molecule has 4 aromatic rings. The van der Waals surface area contributed by atoms with Gasteiger partial charge in [-0.2, -0.15) is 18.3 Å². The summed E-state index contributed by atoms with van der Waals surface area (Å²) in [5.74, 6) is -2.81. The van der Waals surface area contributed by atoms with Crippen LogP contribution in [0.4, 0.5) is 13.2 Å². The maximum Gasteiger partial charge on any atom is 0.490 e. The van der Waals surface area contributed by atoms with E-state index in [9.17, 15) is 22.8 Å². The van der Waals surface area contributed by atoms with Gasteiger partial charge in [0, 0.05) is 34.4 Å². The maximum atomic E-state index is 12.4. The van der Waals surface area contributed by atoms with Crippen molar-refractivity contribution in [3.63, 3.8) is 0 Å². The molecule has 1 amide bonds. The number of hydrogen-bond donors (Lipinski definition) is 2. The molecule has 0 saturated heterocycles. The van der Waals surface area contributed by atoms with Crippen LogP contribution in [0.3, 0.4) is 0 Å². The molecule has 4 heterocycles. The molecule has 0 saturated carbocycles. The van der Waals surface area contributed by atoms with E-state index in [1.807, 2.05) is 36.5 Å². The van der Waals surface area contributed by atoms with E-state index in [4.69, 9.17) is 0 Å². The molecule has 33 heavy (non-hydrogen) atoms. The van der Waals surface area contributed by atoms with Crippen LogP contribution in [0.1, 0.15) is 10.5 Å². The summed E-state index contributed by atoms with van der Waals surface area (Å²) in [6, 6.07) is 12.3. The fourth-order valence-corrected chi connectivity index (χ4v) is 3.71. The third kappa shape index (κ3) is 4.04. The van der Waals surface area contributed by atoms with Gasteiger partial charge in [-0.3, -0.25) is 14.5 Å². The Balaban J connectivity index is 1.37. The summed E-state index contributed by atoms with van der Waals surface area (Å²) in [6.45, 7) is -0.548. The Morgan fingerprint density at radius 2 is 1.94 bits per heavy atom. The first-order valence-corrected chi connectivity index (χ1v) is 9.94. The van der Waals surface area contributed by atoms with Crippen molar-refractivity contribution in [3.05, 3.63) is 60.6 Å². The fraction of sp³-hybridized carbons (Fsp3) is 0.182. The second-order valence-electron chi connectivity index (χ2n) is 7.57. The van der Waals surface area contributed by atoms with Crippen molar-refractivity contribution >= 4 is 22.8 Å². The topological polar surface area (TPSA) is 102 Å². The normalized spacial score (nSPS) is 15.8. The highest BCUT2D eigenvalue weighted by Crippen LogP contribution is 2.27. The van der Waals surface area contributed by atoms with Gasteiger partial charge in [0.2, 0.25) is 0 Å². The molecular formula is C22H16F3N5O3. The highest BCUT2D eigenvalue weighted by atomic mass is 19.4. The molecule has 1 aliphatic rings. The second kappa shape index (κ2) is 7.76. The number of esters is 1. The first-order chi connectivity index (χ1) is 15.8. The Hall–Kier alpha value is -4.15. The Bertz CT molecular complexity index is 1380. The van der Waals surface area contributed by atoms with E-state index in [-0.39, 0.29) is 12.2 Å². The molecule has 168 valence electrons. The number of hydrogen-bond acceptors (Lipinski definition) is 5. The molecule has 5 rings (SSSR count). The van der Waals surface area contributed by atoms with Crippen LogP contribution in [0.25, 0.3) is 33.4 Å². The van der Waals surface area contributed by atoms with Gasteiger partial charge in [-0.15, -0.1) is 0 Å². The number of aromatic amines is 1. The van der Waals surface area contributed by atoms with E-state index in [0.29, 0.717) is 5.69 Å². The number of carbonyl (C=O) groups is 2. The number of rotatable bonds is 4. The molecule has 1 aromatic carbocycles. The van der Waals surface area contributed by atoms with Crippen LogP contribution in [0.5, 0.6) is 0 Å². The third-order valence-electron chi connectivity index (χ3n) is 5.29. The highest BCUT2D eigenvalue weighted by molar-refractivity contribution is 5.94. The number of amides is 1. The van der Waals surface area contributed by atoms with Gasteiger partial charge in [0.1, 0.15) is 12.3 Å². The summed E-state index contributed by atoms with van der Waals surface area (Å²) < 4.78 is 42.7. The first kappa shape index (κ1) is 20.7. The summed E-state index contributed by atoms with van der Waals surface area (Å²) in [7, 11) is 0. The van der Waals surface area contributed by atoms with Crippen LogP contribution in [-0.4, -0.2) is 50.4 Å². The van der Waals surface area contributed by atoms with Gasteiger partial charge < -0.3 is 15.0 Å². The summed E-state index contributed by atoms with van der Waals surface area (Å²) in [6.07, 6.45) is -1.59. The lowest BCUT2D eigenvalue weighted by molar-refractivity contribution is -0.200. The number of alkyl halides is 3. The number of aromatic nitrogens is 4. The minimum absolute atomic E-state index is 0.0638. The predicted molar refractivity (Wildman–Crippen MR) is 111 cm³/mol. The monoisotopic (exact) mass is 455 g/mol. The molecule has 2 N–H and O–H groups in total. The molecule has 1 unspecified atom stereocenters. The first-order valence-electron chi connectivity index (χ1n) is 9.94. The largest absolute Gasteiger partial charge is 0.490 e. The third-order valence-corrected chi connectivity index (χ3v) is 5.29. The molecule has 0 spiro atoms. The average Bonchev–Trinajstić information content (AvgIpc) is 3.43. The molecule has 0 aliphatic carbocycles. The lowest BCUT2D eigenvalue weighted by atomic mass is 10.1. The number of pyridine rings is 1. The minimum Gasteiger partial charge on any atom is -0.457 e. The Labute approximate surface area is 184 Å². The van der Waals surface area contributed by atoms with Crippen molar-refractivity contribution in [1.82, 2.24) is 25.1 Å². The zero-order chi connectivity index (χ0) is 23.2. The van der Waals surface area contributed by atoms with Crippen molar-refractivity contribution < 1.29 is 27.5 Å². The molecule has 3 aromatic heterocycles. The van der Waals surface area contributed by atoms with Crippen molar-refractivity contribution in [2.24, 2.45) is 0 Å². The van der Waals surface area contributed by atoms with Crippen LogP contribution in [0, 0.1) is 0 Å². The van der Waals surface area contributed by atoms with E-state index in [2.05, 4.69) is 25.1 Å². The van der Waals surface area contributed by atoms with Crippen molar-refractivity contribution in [2.75, 3.05) is 6.61 Å². The standard InChI is InChI=1S/C22H16F3N5O3/c23-22(24,25)21(32)33-11-15-10-30-19(20(31)28-15)9-18(29-30)14-4-6-27-17(8-14)12-1-2-16-13(7-12)3-5-26-16/h1-9,15,26H,10-11H2,(H,28,31). The molecular weight excluding hydrogens is 439 g/mol. The molecule has 8 nitrogen and oxygen atoms in total. The van der Waals surface area contributed by atoms with E-state index in [0.717, 1.165) is 27.7 Å². The average molecular weight is 455 g/mol. The molecule has 11 heteroatoms. The molecule has 0 bridgehead atoms.